The first-order valence-electron chi connectivity index (χ1n) is 8.16. The zero-order valence-corrected chi connectivity index (χ0v) is 15.9. The predicted octanol–water partition coefficient (Wildman–Crippen LogP) is 2.07. The largest absolute Gasteiger partial charge is 0.480 e. The number of aryl methyl sites for hydroxylation is 1. The number of hydrogen-bond donors (Lipinski definition) is 3. The summed E-state index contributed by atoms with van der Waals surface area (Å²) in [6.07, 6.45) is 2.21. The van der Waals surface area contributed by atoms with E-state index in [1.807, 2.05) is 19.2 Å². The monoisotopic (exact) mass is 366 g/mol. The molecule has 1 rings (SSSR count). The van der Waals surface area contributed by atoms with Crippen molar-refractivity contribution in [3.05, 3.63) is 35.4 Å². The molecule has 2 atom stereocenters. The maximum absolute atomic E-state index is 12.5. The molecule has 1 aromatic carbocycles. The first kappa shape index (κ1) is 21.0. The summed E-state index contributed by atoms with van der Waals surface area (Å²) in [5.74, 6) is -1.46. The van der Waals surface area contributed by atoms with E-state index in [9.17, 15) is 19.5 Å². The van der Waals surface area contributed by atoms with Gasteiger partial charge in [-0.15, -0.1) is 0 Å². The quantitative estimate of drug-likeness (QED) is 0.622. The molecule has 0 spiro atoms. The number of aliphatic carboxylic acids is 1. The van der Waals surface area contributed by atoms with E-state index in [-0.39, 0.29) is 11.8 Å². The number of amides is 2. The SMILES string of the molecule is CSCC[C@@H](NC(=O)[C@H](NC(=O)c1cccc(C)c1)C(C)C)C(=O)O. The first-order valence-corrected chi connectivity index (χ1v) is 9.55. The molecule has 0 fully saturated rings. The number of hydrogen-bond acceptors (Lipinski definition) is 4. The summed E-state index contributed by atoms with van der Waals surface area (Å²) in [5.41, 5.74) is 1.41. The van der Waals surface area contributed by atoms with Crippen molar-refractivity contribution in [2.75, 3.05) is 12.0 Å². The highest BCUT2D eigenvalue weighted by Gasteiger charge is 2.28. The van der Waals surface area contributed by atoms with Gasteiger partial charge in [0, 0.05) is 5.56 Å². The van der Waals surface area contributed by atoms with Gasteiger partial charge in [0.2, 0.25) is 5.91 Å². The highest BCUT2D eigenvalue weighted by atomic mass is 32.2. The van der Waals surface area contributed by atoms with Crippen molar-refractivity contribution in [1.82, 2.24) is 10.6 Å². The van der Waals surface area contributed by atoms with Gasteiger partial charge >= 0.3 is 5.97 Å². The smallest absolute Gasteiger partial charge is 0.326 e. The summed E-state index contributed by atoms with van der Waals surface area (Å²) >= 11 is 1.51. The van der Waals surface area contributed by atoms with Crippen LogP contribution in [-0.2, 0) is 9.59 Å². The van der Waals surface area contributed by atoms with E-state index < -0.39 is 24.0 Å². The van der Waals surface area contributed by atoms with Gasteiger partial charge in [-0.2, -0.15) is 11.8 Å². The van der Waals surface area contributed by atoms with E-state index in [1.54, 1.807) is 32.0 Å². The van der Waals surface area contributed by atoms with Gasteiger partial charge in [0.25, 0.3) is 5.91 Å². The molecule has 0 aromatic heterocycles. The van der Waals surface area contributed by atoms with Crippen molar-refractivity contribution >= 4 is 29.5 Å². The Morgan fingerprint density at radius 1 is 1.20 bits per heavy atom. The van der Waals surface area contributed by atoms with Crippen molar-refractivity contribution in [1.29, 1.82) is 0 Å². The lowest BCUT2D eigenvalue weighted by Crippen LogP contribution is -2.53. The summed E-state index contributed by atoms with van der Waals surface area (Å²) in [6.45, 7) is 5.49. The third-order valence-electron chi connectivity index (χ3n) is 3.74. The Morgan fingerprint density at radius 3 is 2.40 bits per heavy atom. The van der Waals surface area contributed by atoms with E-state index >= 15 is 0 Å². The number of nitrogens with one attached hydrogen (secondary N) is 2. The molecule has 25 heavy (non-hydrogen) atoms. The lowest BCUT2D eigenvalue weighted by atomic mass is 10.0. The van der Waals surface area contributed by atoms with Crippen LogP contribution in [-0.4, -0.2) is 47.0 Å². The second-order valence-electron chi connectivity index (χ2n) is 6.25. The van der Waals surface area contributed by atoms with Crippen LogP contribution in [0.1, 0.15) is 36.2 Å². The zero-order valence-electron chi connectivity index (χ0n) is 15.0. The normalized spacial score (nSPS) is 13.2. The van der Waals surface area contributed by atoms with Gasteiger partial charge in [0.05, 0.1) is 0 Å². The number of rotatable bonds is 9. The summed E-state index contributed by atoms with van der Waals surface area (Å²) in [6, 6.07) is 5.31. The Labute approximate surface area is 152 Å². The molecule has 0 saturated carbocycles. The number of benzene rings is 1. The molecule has 0 unspecified atom stereocenters. The molecule has 6 nitrogen and oxygen atoms in total. The standard InChI is InChI=1S/C18H26N2O4S/c1-11(2)15(17(22)19-14(18(23)24)8-9-25-4)20-16(21)13-7-5-6-12(3)10-13/h5-7,10-11,14-15H,8-9H2,1-4H3,(H,19,22)(H,20,21)(H,23,24)/t14-,15-/m1/s1. The Morgan fingerprint density at radius 2 is 1.88 bits per heavy atom. The number of carbonyl (C=O) groups is 3. The van der Waals surface area contributed by atoms with Crippen LogP contribution in [0.4, 0.5) is 0 Å². The van der Waals surface area contributed by atoms with Crippen LogP contribution in [0.25, 0.3) is 0 Å². The Kier molecular flexibility index (Phi) is 8.48. The Balaban J connectivity index is 2.82. The van der Waals surface area contributed by atoms with E-state index in [2.05, 4.69) is 10.6 Å². The van der Waals surface area contributed by atoms with E-state index in [0.29, 0.717) is 17.7 Å². The summed E-state index contributed by atoms with van der Waals surface area (Å²) in [7, 11) is 0. The third-order valence-corrected chi connectivity index (χ3v) is 4.39. The summed E-state index contributed by atoms with van der Waals surface area (Å²) in [5, 5.41) is 14.5. The molecule has 0 radical (unpaired) electrons. The van der Waals surface area contributed by atoms with Gasteiger partial charge in [-0.25, -0.2) is 4.79 Å². The minimum Gasteiger partial charge on any atom is -0.480 e. The van der Waals surface area contributed by atoms with E-state index in [0.717, 1.165) is 5.56 Å². The molecule has 138 valence electrons. The summed E-state index contributed by atoms with van der Waals surface area (Å²) in [4.78, 5) is 36.2. The van der Waals surface area contributed by atoms with Crippen LogP contribution in [0.2, 0.25) is 0 Å². The molecule has 0 saturated heterocycles. The molecule has 0 bridgehead atoms. The molecule has 7 heteroatoms. The number of carboxylic acids is 1. The molecule has 0 heterocycles. The van der Waals surface area contributed by atoms with Gasteiger partial charge in [0.15, 0.2) is 0 Å². The van der Waals surface area contributed by atoms with Gasteiger partial charge in [-0.1, -0.05) is 31.5 Å². The first-order chi connectivity index (χ1) is 11.8. The fraction of sp³-hybridized carbons (Fsp3) is 0.500. The predicted molar refractivity (Wildman–Crippen MR) is 99.8 cm³/mol. The van der Waals surface area contributed by atoms with Crippen LogP contribution in [0.5, 0.6) is 0 Å². The third kappa shape index (κ3) is 6.78. The summed E-state index contributed by atoms with van der Waals surface area (Å²) < 4.78 is 0. The highest BCUT2D eigenvalue weighted by molar-refractivity contribution is 7.98. The van der Waals surface area contributed by atoms with Gasteiger partial charge < -0.3 is 15.7 Å². The number of carboxylic acid groups (broad SMARTS) is 1. The molecule has 2 amide bonds. The Bertz CT molecular complexity index is 619. The maximum atomic E-state index is 12.5. The lowest BCUT2D eigenvalue weighted by molar-refractivity contribution is -0.142. The molecular formula is C18H26N2O4S. The van der Waals surface area contributed by atoms with Gasteiger partial charge in [-0.05, 0) is 43.4 Å². The minimum absolute atomic E-state index is 0.177. The van der Waals surface area contributed by atoms with E-state index in [4.69, 9.17) is 0 Å². The average Bonchev–Trinajstić information content (AvgIpc) is 2.55. The van der Waals surface area contributed by atoms with Gasteiger partial charge in [0.1, 0.15) is 12.1 Å². The van der Waals surface area contributed by atoms with Crippen LogP contribution in [0, 0.1) is 12.8 Å². The van der Waals surface area contributed by atoms with Gasteiger partial charge in [-0.3, -0.25) is 9.59 Å². The van der Waals surface area contributed by atoms with E-state index in [1.165, 1.54) is 11.8 Å². The molecule has 0 aliphatic carbocycles. The Hall–Kier alpha value is -2.02. The van der Waals surface area contributed by atoms with Crippen LogP contribution >= 0.6 is 11.8 Å². The molecule has 1 aromatic rings. The number of carbonyl (C=O) groups excluding carboxylic acids is 2. The van der Waals surface area contributed by atoms with Crippen LogP contribution < -0.4 is 10.6 Å². The minimum atomic E-state index is -1.07. The van der Waals surface area contributed by atoms with Crippen molar-refractivity contribution in [2.24, 2.45) is 5.92 Å². The zero-order chi connectivity index (χ0) is 19.0. The molecule has 0 aliphatic heterocycles. The van der Waals surface area contributed by atoms with Crippen LogP contribution in [0.3, 0.4) is 0 Å². The van der Waals surface area contributed by atoms with Crippen molar-refractivity contribution in [3.63, 3.8) is 0 Å². The molecule has 3 N–H and O–H groups in total. The fourth-order valence-electron chi connectivity index (χ4n) is 2.30. The highest BCUT2D eigenvalue weighted by Crippen LogP contribution is 2.09. The average molecular weight is 366 g/mol. The van der Waals surface area contributed by atoms with Crippen LogP contribution in [0.15, 0.2) is 24.3 Å². The van der Waals surface area contributed by atoms with Crippen molar-refractivity contribution in [2.45, 2.75) is 39.3 Å². The van der Waals surface area contributed by atoms with Crippen molar-refractivity contribution < 1.29 is 19.5 Å². The fourth-order valence-corrected chi connectivity index (χ4v) is 2.77. The lowest BCUT2D eigenvalue weighted by Gasteiger charge is -2.24. The molecular weight excluding hydrogens is 340 g/mol. The second kappa shape index (κ2) is 10.1. The van der Waals surface area contributed by atoms with Crippen molar-refractivity contribution in [3.8, 4) is 0 Å². The topological polar surface area (TPSA) is 95.5 Å². The second-order valence-corrected chi connectivity index (χ2v) is 7.23. The maximum Gasteiger partial charge on any atom is 0.326 e. The molecule has 0 aliphatic rings. The number of thioether (sulfide) groups is 1.